The Hall–Kier alpha value is -1.42. The van der Waals surface area contributed by atoms with E-state index in [1.54, 1.807) is 11.3 Å². The summed E-state index contributed by atoms with van der Waals surface area (Å²) in [4.78, 5) is 10.0. The van der Waals surface area contributed by atoms with Crippen molar-refractivity contribution in [2.75, 3.05) is 5.32 Å². The minimum atomic E-state index is 0.202. The lowest BCUT2D eigenvalue weighted by Gasteiger charge is -2.11. The standard InChI is InChI=1S/C12H15N3S/c1-8-5-4-6-11(14-8)15-10(3)12-13-7-9(2)16-12/h4-7,10H,1-3H3,(H,14,15). The van der Waals surface area contributed by atoms with Crippen molar-refractivity contribution in [3.05, 3.63) is 40.0 Å². The highest BCUT2D eigenvalue weighted by molar-refractivity contribution is 7.11. The van der Waals surface area contributed by atoms with Gasteiger partial charge in [-0.2, -0.15) is 0 Å². The second-order valence-corrected chi connectivity index (χ2v) is 5.11. The molecule has 0 bridgehead atoms. The van der Waals surface area contributed by atoms with E-state index in [0.29, 0.717) is 0 Å². The summed E-state index contributed by atoms with van der Waals surface area (Å²) in [5.41, 5.74) is 1.02. The highest BCUT2D eigenvalue weighted by Gasteiger charge is 2.09. The van der Waals surface area contributed by atoms with E-state index in [4.69, 9.17) is 0 Å². The summed E-state index contributed by atoms with van der Waals surface area (Å²) in [6.45, 7) is 6.16. The summed E-state index contributed by atoms with van der Waals surface area (Å²) < 4.78 is 0. The molecule has 4 heteroatoms. The lowest BCUT2D eigenvalue weighted by atomic mass is 10.3. The molecule has 0 aliphatic heterocycles. The van der Waals surface area contributed by atoms with Crippen LogP contribution in [-0.4, -0.2) is 9.97 Å². The first-order valence-corrected chi connectivity index (χ1v) is 6.09. The van der Waals surface area contributed by atoms with E-state index in [9.17, 15) is 0 Å². The Morgan fingerprint density at radius 3 is 2.75 bits per heavy atom. The fourth-order valence-corrected chi connectivity index (χ4v) is 2.26. The molecular weight excluding hydrogens is 218 g/mol. The lowest BCUT2D eigenvalue weighted by molar-refractivity contribution is 0.859. The van der Waals surface area contributed by atoms with E-state index in [-0.39, 0.29) is 6.04 Å². The molecule has 0 saturated heterocycles. The van der Waals surface area contributed by atoms with Crippen LogP contribution in [0.1, 0.15) is 28.5 Å². The molecular formula is C12H15N3S. The Morgan fingerprint density at radius 2 is 2.12 bits per heavy atom. The third-order valence-electron chi connectivity index (χ3n) is 2.26. The van der Waals surface area contributed by atoms with Crippen molar-refractivity contribution < 1.29 is 0 Å². The number of anilines is 1. The second kappa shape index (κ2) is 4.61. The molecule has 2 heterocycles. The quantitative estimate of drug-likeness (QED) is 0.883. The van der Waals surface area contributed by atoms with Gasteiger partial charge in [-0.1, -0.05) is 6.07 Å². The van der Waals surface area contributed by atoms with Gasteiger partial charge in [0.15, 0.2) is 0 Å². The summed E-state index contributed by atoms with van der Waals surface area (Å²) in [6.07, 6.45) is 1.90. The molecule has 1 atom stereocenters. The first-order chi connectivity index (χ1) is 7.65. The third-order valence-corrected chi connectivity index (χ3v) is 3.36. The molecule has 1 unspecified atom stereocenters. The van der Waals surface area contributed by atoms with E-state index in [1.807, 2.05) is 31.3 Å². The van der Waals surface area contributed by atoms with Crippen molar-refractivity contribution in [3.8, 4) is 0 Å². The number of rotatable bonds is 3. The van der Waals surface area contributed by atoms with Gasteiger partial charge in [-0.15, -0.1) is 11.3 Å². The van der Waals surface area contributed by atoms with Crippen molar-refractivity contribution in [1.29, 1.82) is 0 Å². The van der Waals surface area contributed by atoms with Gasteiger partial charge in [0.1, 0.15) is 10.8 Å². The molecule has 0 aliphatic rings. The van der Waals surface area contributed by atoms with Crippen LogP contribution in [0.4, 0.5) is 5.82 Å². The number of hydrogen-bond donors (Lipinski definition) is 1. The maximum Gasteiger partial charge on any atom is 0.126 e. The van der Waals surface area contributed by atoms with Gasteiger partial charge in [0, 0.05) is 16.8 Å². The maximum absolute atomic E-state index is 4.41. The fourth-order valence-electron chi connectivity index (χ4n) is 1.48. The Labute approximate surface area is 99.6 Å². The summed E-state index contributed by atoms with van der Waals surface area (Å²) in [5.74, 6) is 0.903. The van der Waals surface area contributed by atoms with Crippen LogP contribution in [0.15, 0.2) is 24.4 Å². The Bertz CT molecular complexity index is 479. The van der Waals surface area contributed by atoms with Crippen molar-refractivity contribution in [2.24, 2.45) is 0 Å². The molecule has 0 radical (unpaired) electrons. The number of aryl methyl sites for hydroxylation is 2. The summed E-state index contributed by atoms with van der Waals surface area (Å²) in [6, 6.07) is 6.17. The predicted octanol–water partition coefficient (Wildman–Crippen LogP) is 3.33. The topological polar surface area (TPSA) is 37.8 Å². The monoisotopic (exact) mass is 233 g/mol. The van der Waals surface area contributed by atoms with Gasteiger partial charge in [-0.05, 0) is 32.9 Å². The molecule has 0 aliphatic carbocycles. The lowest BCUT2D eigenvalue weighted by Crippen LogP contribution is -2.07. The van der Waals surface area contributed by atoms with Crippen LogP contribution in [-0.2, 0) is 0 Å². The molecule has 1 N–H and O–H groups in total. The van der Waals surface area contributed by atoms with Crippen LogP contribution >= 0.6 is 11.3 Å². The maximum atomic E-state index is 4.41. The molecule has 0 spiro atoms. The van der Waals surface area contributed by atoms with Crippen molar-refractivity contribution in [1.82, 2.24) is 9.97 Å². The molecule has 2 aromatic heterocycles. The average Bonchev–Trinajstić information content (AvgIpc) is 2.65. The first kappa shape index (κ1) is 11.1. The number of pyridine rings is 1. The highest BCUT2D eigenvalue weighted by atomic mass is 32.1. The number of hydrogen-bond acceptors (Lipinski definition) is 4. The summed E-state index contributed by atoms with van der Waals surface area (Å²) in [5, 5.41) is 4.45. The summed E-state index contributed by atoms with van der Waals surface area (Å²) >= 11 is 1.72. The zero-order valence-corrected chi connectivity index (χ0v) is 10.5. The average molecular weight is 233 g/mol. The zero-order chi connectivity index (χ0) is 11.5. The minimum absolute atomic E-state index is 0.202. The van der Waals surface area contributed by atoms with Crippen LogP contribution in [0.3, 0.4) is 0 Å². The second-order valence-electron chi connectivity index (χ2n) is 3.84. The smallest absolute Gasteiger partial charge is 0.126 e. The molecule has 3 nitrogen and oxygen atoms in total. The highest BCUT2D eigenvalue weighted by Crippen LogP contribution is 2.22. The van der Waals surface area contributed by atoms with Gasteiger partial charge in [0.2, 0.25) is 0 Å². The Kier molecular flexibility index (Phi) is 3.19. The zero-order valence-electron chi connectivity index (χ0n) is 9.69. The number of thiazole rings is 1. The van der Waals surface area contributed by atoms with E-state index in [2.05, 4.69) is 29.1 Å². The van der Waals surface area contributed by atoms with Gasteiger partial charge in [-0.25, -0.2) is 9.97 Å². The van der Waals surface area contributed by atoms with Crippen LogP contribution < -0.4 is 5.32 Å². The van der Waals surface area contributed by atoms with Gasteiger partial charge in [-0.3, -0.25) is 0 Å². The van der Waals surface area contributed by atoms with Crippen molar-refractivity contribution >= 4 is 17.2 Å². The van der Waals surface area contributed by atoms with Gasteiger partial charge < -0.3 is 5.32 Å². The molecule has 0 saturated carbocycles. The molecule has 0 aromatic carbocycles. The van der Waals surface area contributed by atoms with Gasteiger partial charge >= 0.3 is 0 Å². The number of nitrogens with one attached hydrogen (secondary N) is 1. The molecule has 2 rings (SSSR count). The molecule has 2 aromatic rings. The first-order valence-electron chi connectivity index (χ1n) is 5.27. The fraction of sp³-hybridized carbons (Fsp3) is 0.333. The number of nitrogens with zero attached hydrogens (tertiary/aromatic N) is 2. The van der Waals surface area contributed by atoms with Crippen LogP contribution in [0.25, 0.3) is 0 Å². The SMILES string of the molecule is Cc1cccc(NC(C)c2ncc(C)s2)n1. The molecule has 0 amide bonds. The predicted molar refractivity (Wildman–Crippen MR) is 67.9 cm³/mol. The van der Waals surface area contributed by atoms with Crippen LogP contribution in [0, 0.1) is 13.8 Å². The van der Waals surface area contributed by atoms with Crippen molar-refractivity contribution in [2.45, 2.75) is 26.8 Å². The van der Waals surface area contributed by atoms with E-state index in [0.717, 1.165) is 16.5 Å². The Morgan fingerprint density at radius 1 is 1.31 bits per heavy atom. The van der Waals surface area contributed by atoms with Gasteiger partial charge in [0.05, 0.1) is 6.04 Å². The third kappa shape index (κ3) is 2.58. The summed E-state index contributed by atoms with van der Waals surface area (Å²) in [7, 11) is 0. The number of aromatic nitrogens is 2. The van der Waals surface area contributed by atoms with E-state index in [1.165, 1.54) is 4.88 Å². The van der Waals surface area contributed by atoms with E-state index < -0.39 is 0 Å². The van der Waals surface area contributed by atoms with Crippen molar-refractivity contribution in [3.63, 3.8) is 0 Å². The van der Waals surface area contributed by atoms with Crippen LogP contribution in [0.5, 0.6) is 0 Å². The minimum Gasteiger partial charge on any atom is -0.361 e. The Balaban J connectivity index is 2.10. The largest absolute Gasteiger partial charge is 0.361 e. The van der Waals surface area contributed by atoms with E-state index >= 15 is 0 Å². The molecule has 0 fully saturated rings. The van der Waals surface area contributed by atoms with Crippen LogP contribution in [0.2, 0.25) is 0 Å². The van der Waals surface area contributed by atoms with Gasteiger partial charge in [0.25, 0.3) is 0 Å². The molecule has 16 heavy (non-hydrogen) atoms. The normalized spacial score (nSPS) is 12.4. The molecule has 84 valence electrons.